The summed E-state index contributed by atoms with van der Waals surface area (Å²) in [6.45, 7) is 11.9. The number of hydrogen-bond donors (Lipinski definition) is 1. The van der Waals surface area contributed by atoms with Crippen molar-refractivity contribution >= 4 is 11.6 Å². The van der Waals surface area contributed by atoms with E-state index in [0.29, 0.717) is 13.1 Å². The second kappa shape index (κ2) is 6.91. The lowest BCUT2D eigenvalue weighted by Crippen LogP contribution is -2.48. The van der Waals surface area contributed by atoms with Gasteiger partial charge in [-0.2, -0.15) is 0 Å². The maximum atomic E-state index is 12.9. The van der Waals surface area contributed by atoms with Crippen LogP contribution in [0.4, 0.5) is 5.69 Å². The fourth-order valence-corrected chi connectivity index (χ4v) is 2.82. The Kier molecular flexibility index (Phi) is 5.35. The molecule has 0 spiro atoms. The number of hydrogen-bond acceptors (Lipinski definition) is 3. The van der Waals surface area contributed by atoms with E-state index in [-0.39, 0.29) is 17.2 Å². The van der Waals surface area contributed by atoms with Crippen LogP contribution in [0.3, 0.4) is 0 Å². The third-order valence-corrected chi connectivity index (χ3v) is 4.32. The molecule has 1 aliphatic heterocycles. The number of fused-ring (bicyclic) bond motifs is 1. The molecular formula is C19H30N2O2. The molecule has 1 amide bonds. The van der Waals surface area contributed by atoms with E-state index in [4.69, 9.17) is 10.5 Å². The smallest absolute Gasteiger partial charge is 0.268 e. The van der Waals surface area contributed by atoms with Gasteiger partial charge in [0.25, 0.3) is 5.91 Å². The van der Waals surface area contributed by atoms with Crippen LogP contribution in [0.2, 0.25) is 0 Å². The average molecular weight is 318 g/mol. The first-order chi connectivity index (χ1) is 10.8. The van der Waals surface area contributed by atoms with E-state index < -0.39 is 6.10 Å². The van der Waals surface area contributed by atoms with Gasteiger partial charge in [0.1, 0.15) is 5.75 Å². The summed E-state index contributed by atoms with van der Waals surface area (Å²) in [5.41, 5.74) is 7.75. The Hall–Kier alpha value is -1.55. The highest BCUT2D eigenvalue weighted by molar-refractivity contribution is 6.00. The number of benzene rings is 1. The second-order valence-corrected chi connectivity index (χ2v) is 7.70. The van der Waals surface area contributed by atoms with Crippen LogP contribution >= 0.6 is 0 Å². The zero-order valence-corrected chi connectivity index (χ0v) is 15.1. The third-order valence-electron chi connectivity index (χ3n) is 4.32. The van der Waals surface area contributed by atoms with E-state index in [1.807, 2.05) is 24.8 Å². The molecule has 0 aliphatic carbocycles. The Bertz CT molecular complexity index is 561. The van der Waals surface area contributed by atoms with E-state index in [9.17, 15) is 4.79 Å². The highest BCUT2D eigenvalue weighted by atomic mass is 16.5. The van der Waals surface area contributed by atoms with E-state index in [0.717, 1.165) is 24.3 Å². The normalized spacial score (nSPS) is 18.1. The predicted molar refractivity (Wildman–Crippen MR) is 95.0 cm³/mol. The molecule has 0 radical (unpaired) electrons. The largest absolute Gasteiger partial charge is 0.478 e. The molecule has 0 fully saturated rings. The Balaban J connectivity index is 2.40. The molecule has 2 rings (SSSR count). The minimum atomic E-state index is -0.402. The lowest BCUT2D eigenvalue weighted by atomic mass is 9.86. The number of ether oxygens (including phenoxy) is 1. The molecule has 128 valence electrons. The minimum absolute atomic E-state index is 0.0376. The number of nitrogens with zero attached hydrogens (tertiary/aromatic N) is 1. The molecule has 23 heavy (non-hydrogen) atoms. The van der Waals surface area contributed by atoms with Crippen molar-refractivity contribution in [2.24, 2.45) is 11.7 Å². The van der Waals surface area contributed by atoms with Gasteiger partial charge in [0.05, 0.1) is 5.69 Å². The lowest BCUT2D eigenvalue weighted by Gasteiger charge is -2.37. The third kappa shape index (κ3) is 3.86. The zero-order chi connectivity index (χ0) is 17.2. The highest BCUT2D eigenvalue weighted by Crippen LogP contribution is 2.39. The first kappa shape index (κ1) is 17.8. The number of carbonyl (C=O) groups excluding carboxylic acids is 1. The van der Waals surface area contributed by atoms with Crippen LogP contribution in [0.1, 0.15) is 53.0 Å². The van der Waals surface area contributed by atoms with Gasteiger partial charge in [0.15, 0.2) is 6.10 Å². The maximum Gasteiger partial charge on any atom is 0.268 e. The van der Waals surface area contributed by atoms with Gasteiger partial charge in [0, 0.05) is 6.54 Å². The summed E-state index contributed by atoms with van der Waals surface area (Å²) in [5, 5.41) is 0. The molecule has 4 heteroatoms. The van der Waals surface area contributed by atoms with Crippen LogP contribution in [0, 0.1) is 5.92 Å². The minimum Gasteiger partial charge on any atom is -0.478 e. The second-order valence-electron chi connectivity index (χ2n) is 7.70. The summed E-state index contributed by atoms with van der Waals surface area (Å²) in [4.78, 5) is 14.8. The van der Waals surface area contributed by atoms with Crippen molar-refractivity contribution in [3.63, 3.8) is 0 Å². The van der Waals surface area contributed by atoms with Crippen molar-refractivity contribution in [1.82, 2.24) is 0 Å². The first-order valence-electron chi connectivity index (χ1n) is 8.58. The van der Waals surface area contributed by atoms with Crippen molar-refractivity contribution in [1.29, 1.82) is 0 Å². The fourth-order valence-electron chi connectivity index (χ4n) is 2.82. The molecular weight excluding hydrogens is 288 g/mol. The number of amides is 1. The molecule has 0 aromatic heterocycles. The number of nitrogens with two attached hydrogens (primary N) is 1. The zero-order valence-electron chi connectivity index (χ0n) is 15.1. The van der Waals surface area contributed by atoms with Crippen molar-refractivity contribution in [2.45, 2.75) is 59.0 Å². The van der Waals surface area contributed by atoms with Crippen molar-refractivity contribution in [3.05, 3.63) is 23.8 Å². The molecule has 1 heterocycles. The van der Waals surface area contributed by atoms with Crippen molar-refractivity contribution in [2.75, 3.05) is 18.0 Å². The van der Waals surface area contributed by atoms with Crippen LogP contribution < -0.4 is 15.4 Å². The van der Waals surface area contributed by atoms with Gasteiger partial charge in [-0.25, -0.2) is 0 Å². The average Bonchev–Trinajstić information content (AvgIpc) is 2.47. The molecule has 0 bridgehead atoms. The summed E-state index contributed by atoms with van der Waals surface area (Å²) in [6, 6.07) is 6.21. The first-order valence-corrected chi connectivity index (χ1v) is 8.58. The molecule has 1 unspecified atom stereocenters. The van der Waals surface area contributed by atoms with Crippen molar-refractivity contribution < 1.29 is 9.53 Å². The van der Waals surface area contributed by atoms with Crippen molar-refractivity contribution in [3.8, 4) is 5.75 Å². The Morgan fingerprint density at radius 1 is 1.26 bits per heavy atom. The van der Waals surface area contributed by atoms with Gasteiger partial charge in [-0.3, -0.25) is 4.79 Å². The fraction of sp³-hybridized carbons (Fsp3) is 0.632. The topological polar surface area (TPSA) is 55.6 Å². The summed E-state index contributed by atoms with van der Waals surface area (Å²) < 4.78 is 5.99. The van der Waals surface area contributed by atoms with Gasteiger partial charge >= 0.3 is 0 Å². The number of rotatable bonds is 5. The quantitative estimate of drug-likeness (QED) is 0.846. The molecule has 1 atom stereocenters. The molecule has 1 aromatic carbocycles. The van der Waals surface area contributed by atoms with E-state index >= 15 is 0 Å². The molecule has 0 saturated carbocycles. The molecule has 1 aliphatic rings. The van der Waals surface area contributed by atoms with Gasteiger partial charge in [-0.1, -0.05) is 40.7 Å². The molecule has 0 saturated heterocycles. The lowest BCUT2D eigenvalue weighted by molar-refractivity contribution is -0.128. The SMILES string of the molecule is CC(C)C1Oc2ccc(C(C)(C)C)cc2N(CCCCN)C1=O. The number of anilines is 1. The van der Waals surface area contributed by atoms with Gasteiger partial charge in [-0.05, 0) is 48.4 Å². The van der Waals surface area contributed by atoms with Gasteiger partial charge < -0.3 is 15.4 Å². The van der Waals surface area contributed by atoms with Crippen LogP contribution in [0.15, 0.2) is 18.2 Å². The predicted octanol–water partition coefficient (Wildman–Crippen LogP) is 3.47. The van der Waals surface area contributed by atoms with E-state index in [1.165, 1.54) is 5.56 Å². The number of unbranched alkanes of at least 4 members (excludes halogenated alkanes) is 1. The van der Waals surface area contributed by atoms with Crippen LogP contribution in [-0.4, -0.2) is 25.1 Å². The summed E-state index contributed by atoms with van der Waals surface area (Å²) in [5.74, 6) is 1.02. The van der Waals surface area contributed by atoms with Crippen LogP contribution in [-0.2, 0) is 10.2 Å². The monoisotopic (exact) mass is 318 g/mol. The summed E-state index contributed by atoms with van der Waals surface area (Å²) in [6.07, 6.45) is 1.43. The number of carbonyl (C=O) groups is 1. The molecule has 4 nitrogen and oxygen atoms in total. The molecule has 1 aromatic rings. The Morgan fingerprint density at radius 3 is 2.52 bits per heavy atom. The van der Waals surface area contributed by atoms with Gasteiger partial charge in [0.2, 0.25) is 0 Å². The van der Waals surface area contributed by atoms with E-state index in [2.05, 4.69) is 32.9 Å². The summed E-state index contributed by atoms with van der Waals surface area (Å²) in [7, 11) is 0. The summed E-state index contributed by atoms with van der Waals surface area (Å²) >= 11 is 0. The van der Waals surface area contributed by atoms with E-state index in [1.54, 1.807) is 0 Å². The molecule has 2 N–H and O–H groups in total. The maximum absolute atomic E-state index is 12.9. The Labute approximate surface area is 140 Å². The van der Waals surface area contributed by atoms with Gasteiger partial charge in [-0.15, -0.1) is 0 Å². The standard InChI is InChI=1S/C19H30N2O2/c1-13(2)17-18(22)21(11-7-6-10-20)15-12-14(19(3,4)5)8-9-16(15)23-17/h8-9,12-13,17H,6-7,10-11,20H2,1-5H3. The highest BCUT2D eigenvalue weighted by Gasteiger charge is 2.36. The van der Waals surface area contributed by atoms with Crippen LogP contribution in [0.5, 0.6) is 5.75 Å². The Morgan fingerprint density at radius 2 is 1.96 bits per heavy atom. The van der Waals surface area contributed by atoms with Crippen LogP contribution in [0.25, 0.3) is 0 Å².